The molecule has 2 fully saturated rings. The molecule has 2 unspecified atom stereocenters. The molecule has 1 saturated carbocycles. The van der Waals surface area contributed by atoms with Crippen molar-refractivity contribution in [2.75, 3.05) is 136 Å². The van der Waals surface area contributed by atoms with Gasteiger partial charge in [0.05, 0.1) is 218 Å². The molecule has 9 heterocycles. The predicted molar refractivity (Wildman–Crippen MR) is 544 cm³/mol. The summed E-state index contributed by atoms with van der Waals surface area (Å²) in [5, 5.41) is 45.0. The third-order valence-corrected chi connectivity index (χ3v) is 24.2. The zero-order valence-corrected chi connectivity index (χ0v) is 81.8. The number of morpholine rings is 1. The number of nitrogens with zero attached hydrogens (tertiary/aromatic N) is 22. The average molecular weight is 1900 g/mol. The Morgan fingerprint density at radius 3 is 1.06 bits per heavy atom. The summed E-state index contributed by atoms with van der Waals surface area (Å²) in [6.45, 7) is 12.7. The number of hydrogen-bond acceptors (Lipinski definition) is 31. The number of fused-ring (bicyclic) bond motifs is 4. The number of anilines is 8. The molecule has 35 nitrogen and oxygen atoms in total. The van der Waals surface area contributed by atoms with Crippen LogP contribution in [0.2, 0.25) is 0 Å². The highest BCUT2D eigenvalue weighted by Gasteiger charge is 2.31. The van der Waals surface area contributed by atoms with Gasteiger partial charge in [-0.1, -0.05) is 32.9 Å². The normalized spacial score (nSPS) is 14.3. The molecule has 8 aromatic heterocycles. The molecule has 2 aliphatic rings. The summed E-state index contributed by atoms with van der Waals surface area (Å²) in [6, 6.07) is 48.1. The van der Waals surface area contributed by atoms with Gasteiger partial charge in [-0.25, -0.2) is 24.3 Å². The van der Waals surface area contributed by atoms with Crippen molar-refractivity contribution >= 4 is 95.3 Å². The zero-order chi connectivity index (χ0) is 98.6. The molecular formula is C104H121FN24O11. The fourth-order valence-corrected chi connectivity index (χ4v) is 16.9. The van der Waals surface area contributed by atoms with Crippen LogP contribution in [0.25, 0.3) is 89.2 Å². The van der Waals surface area contributed by atoms with E-state index in [1.807, 2.05) is 198 Å². The summed E-state index contributed by atoms with van der Waals surface area (Å²) in [7, 11) is 20.5. The lowest BCUT2D eigenvalue weighted by Crippen LogP contribution is -2.44. The van der Waals surface area contributed by atoms with Crippen molar-refractivity contribution < 1.29 is 57.3 Å². The first-order chi connectivity index (χ1) is 67.9. The van der Waals surface area contributed by atoms with Gasteiger partial charge in [0, 0.05) is 238 Å². The largest absolute Gasteiger partial charge is 0.497 e. The van der Waals surface area contributed by atoms with Crippen LogP contribution in [0.3, 0.4) is 0 Å². The number of nitrogens with one attached hydrogen (secondary N) is 1. The molecule has 36 heteroatoms. The first-order valence-corrected chi connectivity index (χ1v) is 46.2. The molecule has 16 aromatic rings. The molecule has 0 amide bonds. The van der Waals surface area contributed by atoms with E-state index in [0.29, 0.717) is 108 Å². The van der Waals surface area contributed by atoms with E-state index in [1.54, 1.807) is 119 Å². The number of aliphatic hydroxyl groups excluding tert-OH is 1. The van der Waals surface area contributed by atoms with Gasteiger partial charge >= 0.3 is 0 Å². The first-order valence-electron chi connectivity index (χ1n) is 46.2. The van der Waals surface area contributed by atoms with Crippen LogP contribution in [-0.4, -0.2) is 246 Å². The maximum Gasteiger partial charge on any atom is 0.130 e. The lowest BCUT2D eigenvalue weighted by Gasteiger charge is -2.39. The maximum atomic E-state index is 14.5. The molecular weight excluding hydrogens is 1780 g/mol. The third kappa shape index (κ3) is 24.8. The van der Waals surface area contributed by atoms with E-state index in [4.69, 9.17) is 68.3 Å². The van der Waals surface area contributed by atoms with E-state index in [2.05, 4.69) is 110 Å². The van der Waals surface area contributed by atoms with Crippen LogP contribution in [-0.2, 0) is 32.9 Å². The summed E-state index contributed by atoms with van der Waals surface area (Å²) in [6.07, 6.45) is 24.4. The third-order valence-electron chi connectivity index (χ3n) is 24.2. The molecule has 1 aliphatic carbocycles. The summed E-state index contributed by atoms with van der Waals surface area (Å²) in [5.74, 6) is 5.46. The predicted octanol–water partition coefficient (Wildman–Crippen LogP) is 16.5. The van der Waals surface area contributed by atoms with Crippen LogP contribution < -0.4 is 68.5 Å². The summed E-state index contributed by atoms with van der Waals surface area (Å²) < 4.78 is 70.9. The number of ether oxygens (including phenoxy) is 9. The van der Waals surface area contributed by atoms with Crippen molar-refractivity contribution in [2.45, 2.75) is 83.8 Å². The van der Waals surface area contributed by atoms with E-state index in [9.17, 15) is 14.7 Å². The number of oxime groups is 1. The molecule has 730 valence electrons. The number of nitrogens with two attached hydrogens (primary N) is 1. The minimum atomic E-state index is -1.23. The monoisotopic (exact) mass is 1900 g/mol. The number of aryl methyl sites for hydroxylation is 4. The second-order valence-electron chi connectivity index (χ2n) is 34.8. The smallest absolute Gasteiger partial charge is 0.130 e. The maximum absolute atomic E-state index is 14.5. The van der Waals surface area contributed by atoms with Crippen LogP contribution in [0.1, 0.15) is 53.4 Å². The number of rotatable bonds is 33. The van der Waals surface area contributed by atoms with Gasteiger partial charge in [0.1, 0.15) is 52.2 Å². The van der Waals surface area contributed by atoms with Crippen LogP contribution >= 0.6 is 0 Å². The van der Waals surface area contributed by atoms with Crippen molar-refractivity contribution in [2.24, 2.45) is 45.0 Å². The standard InChI is InChI=1S/C29H36N6O2.C27H32N6O4.C25H28N6O3.C23H25FN6O2/c1-19(2)32-21-6-8-22(9-7-21)35(24-12-25(36-4)15-26(13-24)37-5)23-10-11-27-28(14-23)33-29(17-30-27)20-16-31-34(3)18-20;1-31-16-19(14-29-31)27-15-28-25-5-4-20(12-26(25)30-27)33(18-22(34)17-32-6-8-37-9-7-32)21-10-23(35-2)13-24(11-21)36-3;1-16(2)25(29-32)15-31(19-8-20(33-4)11-21(9-19)34-5)18-6-7-22-23(10-18)28-24(13-26-22)17-12-27-30(3)14-17;1-29-13-15(11-27-29)23-12-26-21-5-4-17(8-22(21)28-23)30(14-16(24)10-25)18-6-19(31-2)9-20(7-18)32-3/h10-19,21-22,32H,6-9H2,1-5H3;4-5,10-16,22,34H,6-9,17-18H2,1-3H3;6-14,16,32H,15H2,1-5H3;4-9,11-13,16H,10,14,25H2,1-3H3/b;;29-25-;. The van der Waals surface area contributed by atoms with Crippen LogP contribution in [0.15, 0.2) is 225 Å². The Bertz CT molecular complexity index is 6810. The number of methoxy groups -OCH3 is 8. The van der Waals surface area contributed by atoms with Crippen LogP contribution in [0.5, 0.6) is 46.0 Å². The number of hydrogen-bond donors (Lipinski definition) is 4. The summed E-state index contributed by atoms with van der Waals surface area (Å²) in [4.78, 5) is 48.4. The van der Waals surface area contributed by atoms with E-state index >= 15 is 0 Å². The minimum Gasteiger partial charge on any atom is -0.497 e. The molecule has 0 bridgehead atoms. The van der Waals surface area contributed by atoms with Gasteiger partial charge in [0.25, 0.3) is 0 Å². The molecule has 2 atom stereocenters. The van der Waals surface area contributed by atoms with Crippen molar-refractivity contribution in [3.63, 3.8) is 0 Å². The Kier molecular flexibility index (Phi) is 32.8. The Balaban J connectivity index is 0.000000141. The van der Waals surface area contributed by atoms with Gasteiger partial charge in [-0.3, -0.25) is 43.6 Å². The fraction of sp³-hybridized carbons (Fsp3) is 0.337. The van der Waals surface area contributed by atoms with Crippen molar-refractivity contribution in [1.29, 1.82) is 0 Å². The quantitative estimate of drug-likeness (QED) is 0.0169. The summed E-state index contributed by atoms with van der Waals surface area (Å²) >= 11 is 0. The Hall–Kier alpha value is -15.2. The van der Waals surface area contributed by atoms with Crippen molar-refractivity contribution in [3.8, 4) is 91.0 Å². The molecule has 18 rings (SSSR count). The minimum absolute atomic E-state index is 0.0532. The van der Waals surface area contributed by atoms with Gasteiger partial charge in [0.15, 0.2) is 0 Å². The molecule has 8 aromatic carbocycles. The van der Waals surface area contributed by atoms with Crippen molar-refractivity contribution in [1.82, 2.24) is 89.2 Å². The second kappa shape index (κ2) is 46.3. The highest BCUT2D eigenvalue weighted by Crippen LogP contribution is 2.43. The highest BCUT2D eigenvalue weighted by molar-refractivity contribution is 5.94. The molecule has 140 heavy (non-hydrogen) atoms. The lowest BCUT2D eigenvalue weighted by atomic mass is 9.89. The van der Waals surface area contributed by atoms with Crippen molar-refractivity contribution in [3.05, 3.63) is 220 Å². The Labute approximate surface area is 812 Å². The SMILES string of the molecule is COc1cc(OC)cc(N(C/C(=N/O)C(C)C)c2ccc3ncc(-c4cnn(C)c4)nc3c2)c1.COc1cc(OC)cc(N(CC(F)CN)c2ccc3ncc(-c4cnn(C)c4)nc3c2)c1.COc1cc(OC)cc(N(CC(O)CN2CCOCC2)c2ccc3ncc(-c4cnn(C)c4)nc3c2)c1.COc1cc(OC)cc(N(c2ccc3ncc(-c4cnn(C)c4)nc3c2)C2CCC(NC(C)C)CC2)c1. The van der Waals surface area contributed by atoms with E-state index in [1.165, 1.54) is 0 Å². The number of aromatic nitrogens is 16. The van der Waals surface area contributed by atoms with Gasteiger partial charge in [-0.05, 0) is 104 Å². The number of aliphatic hydroxyl groups is 1. The van der Waals surface area contributed by atoms with Gasteiger partial charge in [-0.15, -0.1) is 0 Å². The van der Waals surface area contributed by atoms with Gasteiger partial charge in [-0.2, -0.15) is 20.4 Å². The number of β-amino-alcohol motifs (C(OH)–C–C–N with tert-alkyl or cyclic N) is 1. The average Bonchev–Trinajstić information content (AvgIpc) is 0.961. The number of halogens is 1. The van der Waals surface area contributed by atoms with E-state index in [0.717, 1.165) is 168 Å². The Morgan fingerprint density at radius 2 is 0.743 bits per heavy atom. The second-order valence-corrected chi connectivity index (χ2v) is 34.8. The van der Waals surface area contributed by atoms with Crippen LogP contribution in [0.4, 0.5) is 49.9 Å². The van der Waals surface area contributed by atoms with Crippen LogP contribution in [0, 0.1) is 5.92 Å². The molecule has 1 aliphatic heterocycles. The number of benzene rings is 8. The highest BCUT2D eigenvalue weighted by atomic mass is 19.1. The zero-order valence-electron chi connectivity index (χ0n) is 81.8. The molecule has 1 saturated heterocycles. The Morgan fingerprint density at radius 1 is 0.421 bits per heavy atom. The van der Waals surface area contributed by atoms with Gasteiger partial charge in [0.2, 0.25) is 0 Å². The molecule has 5 N–H and O–H groups in total. The molecule has 0 spiro atoms. The van der Waals surface area contributed by atoms with Gasteiger partial charge < -0.3 is 83.6 Å². The fourth-order valence-electron chi connectivity index (χ4n) is 16.9. The molecule has 0 radical (unpaired) electrons. The number of alkyl halides is 1. The van der Waals surface area contributed by atoms with E-state index < -0.39 is 12.3 Å². The lowest BCUT2D eigenvalue weighted by molar-refractivity contribution is 0.0164. The topological polar surface area (TPSA) is 365 Å². The first kappa shape index (κ1) is 99.2. The van der Waals surface area contributed by atoms with E-state index in [-0.39, 0.29) is 19.0 Å². The summed E-state index contributed by atoms with van der Waals surface area (Å²) in [5.41, 5.74) is 26.1.